The monoisotopic (exact) mass is 359 g/mol. The molecule has 0 amide bonds. The van der Waals surface area contributed by atoms with E-state index in [4.69, 9.17) is 5.26 Å². The largest absolute Gasteiger partial charge is 0.313 e. The minimum absolute atomic E-state index is 0.176. The number of hydrogen-bond donors (Lipinski definition) is 1. The summed E-state index contributed by atoms with van der Waals surface area (Å²) in [5, 5.41) is 12.1. The van der Waals surface area contributed by atoms with Crippen LogP contribution in [-0.4, -0.2) is 32.4 Å². The number of piperazine rings is 1. The topological polar surface area (TPSA) is 73.2 Å². The van der Waals surface area contributed by atoms with Gasteiger partial charge in [0.25, 0.3) is 0 Å². The number of halogens is 1. The number of hydrogen-bond acceptors (Lipinski definition) is 4. The zero-order chi connectivity index (χ0) is 18.0. The third-order valence-corrected chi connectivity index (χ3v) is 6.39. The van der Waals surface area contributed by atoms with E-state index >= 15 is 0 Å². The van der Waals surface area contributed by atoms with Gasteiger partial charge in [0.05, 0.1) is 22.6 Å². The van der Waals surface area contributed by atoms with Gasteiger partial charge in [0, 0.05) is 19.6 Å². The Kier molecular flexibility index (Phi) is 4.86. The first-order valence-electron chi connectivity index (χ1n) is 7.92. The minimum Gasteiger partial charge on any atom is -0.313 e. The van der Waals surface area contributed by atoms with Crippen molar-refractivity contribution in [2.75, 3.05) is 19.6 Å². The van der Waals surface area contributed by atoms with Gasteiger partial charge in [0.2, 0.25) is 10.0 Å². The molecule has 0 bridgehead atoms. The molecule has 1 unspecified atom stereocenters. The summed E-state index contributed by atoms with van der Waals surface area (Å²) in [6.07, 6.45) is 0. The summed E-state index contributed by atoms with van der Waals surface area (Å²) in [5.41, 5.74) is 1.55. The van der Waals surface area contributed by atoms with E-state index in [9.17, 15) is 12.8 Å². The van der Waals surface area contributed by atoms with Gasteiger partial charge in [-0.3, -0.25) is 0 Å². The highest BCUT2D eigenvalue weighted by molar-refractivity contribution is 7.89. The fourth-order valence-corrected chi connectivity index (χ4v) is 4.93. The number of rotatable bonds is 3. The van der Waals surface area contributed by atoms with Gasteiger partial charge >= 0.3 is 0 Å². The van der Waals surface area contributed by atoms with E-state index in [2.05, 4.69) is 5.32 Å². The number of sulfonamides is 1. The quantitative estimate of drug-likeness (QED) is 0.913. The second-order valence-electron chi connectivity index (χ2n) is 5.98. The molecule has 0 saturated carbocycles. The lowest BCUT2D eigenvalue weighted by Gasteiger charge is -2.35. The Morgan fingerprint density at radius 2 is 2.08 bits per heavy atom. The van der Waals surface area contributed by atoms with Crippen LogP contribution >= 0.6 is 0 Å². The van der Waals surface area contributed by atoms with Gasteiger partial charge in [-0.05, 0) is 48.4 Å². The normalized spacial score (nSPS) is 18.7. The third kappa shape index (κ3) is 3.42. The first-order valence-corrected chi connectivity index (χ1v) is 9.36. The maximum absolute atomic E-state index is 13.6. The molecule has 1 atom stereocenters. The van der Waals surface area contributed by atoms with Crippen LogP contribution in [0.15, 0.2) is 47.4 Å². The van der Waals surface area contributed by atoms with E-state index in [0.717, 1.165) is 0 Å². The van der Waals surface area contributed by atoms with Crippen LogP contribution in [0.4, 0.5) is 4.39 Å². The Morgan fingerprint density at radius 3 is 2.76 bits per heavy atom. The van der Waals surface area contributed by atoms with Crippen LogP contribution in [0.5, 0.6) is 0 Å². The highest BCUT2D eigenvalue weighted by Gasteiger charge is 2.35. The minimum atomic E-state index is -3.77. The van der Waals surface area contributed by atoms with Crippen LogP contribution in [0.1, 0.15) is 22.7 Å². The molecule has 0 aliphatic carbocycles. The average molecular weight is 359 g/mol. The van der Waals surface area contributed by atoms with E-state index in [-0.39, 0.29) is 4.90 Å². The summed E-state index contributed by atoms with van der Waals surface area (Å²) >= 11 is 0. The lowest BCUT2D eigenvalue weighted by molar-refractivity contribution is 0.271. The second kappa shape index (κ2) is 6.92. The van der Waals surface area contributed by atoms with Crippen molar-refractivity contribution in [3.63, 3.8) is 0 Å². The molecule has 1 aliphatic heterocycles. The van der Waals surface area contributed by atoms with Crippen LogP contribution in [0.2, 0.25) is 0 Å². The van der Waals surface area contributed by atoms with Crippen LogP contribution in [0.25, 0.3) is 0 Å². The predicted molar refractivity (Wildman–Crippen MR) is 91.8 cm³/mol. The first kappa shape index (κ1) is 17.5. The van der Waals surface area contributed by atoms with Gasteiger partial charge in [-0.2, -0.15) is 9.57 Å². The summed E-state index contributed by atoms with van der Waals surface area (Å²) in [6, 6.07) is 12.1. The number of aryl methyl sites for hydroxylation is 1. The van der Waals surface area contributed by atoms with E-state index in [1.807, 2.05) is 6.07 Å². The third-order valence-electron chi connectivity index (χ3n) is 4.32. The number of benzene rings is 2. The van der Waals surface area contributed by atoms with Crippen molar-refractivity contribution in [2.24, 2.45) is 0 Å². The van der Waals surface area contributed by atoms with Crippen LogP contribution < -0.4 is 5.32 Å². The smallest absolute Gasteiger partial charge is 0.243 e. The lowest BCUT2D eigenvalue weighted by Crippen LogP contribution is -2.48. The number of nitrogens with one attached hydrogen (secondary N) is 1. The molecule has 2 aromatic carbocycles. The van der Waals surface area contributed by atoms with Crippen molar-refractivity contribution < 1.29 is 12.8 Å². The molecule has 0 aromatic heterocycles. The van der Waals surface area contributed by atoms with Crippen molar-refractivity contribution in [3.05, 3.63) is 65.0 Å². The Hall–Kier alpha value is -2.27. The van der Waals surface area contributed by atoms with Crippen molar-refractivity contribution in [1.29, 1.82) is 5.26 Å². The van der Waals surface area contributed by atoms with Gasteiger partial charge in [0.15, 0.2) is 0 Å². The van der Waals surface area contributed by atoms with Gasteiger partial charge in [0.1, 0.15) is 5.82 Å². The molecule has 130 valence electrons. The Labute approximate surface area is 146 Å². The zero-order valence-corrected chi connectivity index (χ0v) is 14.6. The molecule has 2 aromatic rings. The van der Waals surface area contributed by atoms with Crippen LogP contribution in [0, 0.1) is 24.1 Å². The molecule has 7 heteroatoms. The predicted octanol–water partition coefficient (Wildman–Crippen LogP) is 2.34. The van der Waals surface area contributed by atoms with Crippen molar-refractivity contribution in [2.45, 2.75) is 17.9 Å². The molecule has 0 radical (unpaired) electrons. The maximum Gasteiger partial charge on any atom is 0.243 e. The number of nitrogens with zero attached hydrogens (tertiary/aromatic N) is 2. The zero-order valence-electron chi connectivity index (χ0n) is 13.7. The summed E-state index contributed by atoms with van der Waals surface area (Å²) in [5.74, 6) is -0.394. The molecule has 1 fully saturated rings. The summed E-state index contributed by atoms with van der Waals surface area (Å²) in [4.78, 5) is 0.176. The Balaban J connectivity index is 2.03. The second-order valence-corrected chi connectivity index (χ2v) is 7.84. The standard InChI is InChI=1S/C18H18FN3O2S/c1-13-9-14(11-20)5-6-18(13)25(23,24)22-8-7-21-12-17(22)15-3-2-4-16(19)10-15/h2-6,9-10,17,21H,7-8,12H2,1H3. The summed E-state index contributed by atoms with van der Waals surface area (Å²) in [7, 11) is -3.77. The van der Waals surface area contributed by atoms with Gasteiger partial charge in [-0.1, -0.05) is 12.1 Å². The molecular weight excluding hydrogens is 341 g/mol. The SMILES string of the molecule is Cc1cc(C#N)ccc1S(=O)(=O)N1CCNCC1c1cccc(F)c1. The fraction of sp³-hybridized carbons (Fsp3) is 0.278. The number of nitriles is 1. The highest BCUT2D eigenvalue weighted by atomic mass is 32.2. The molecule has 3 rings (SSSR count). The van der Waals surface area contributed by atoms with Crippen LogP contribution in [0.3, 0.4) is 0 Å². The molecule has 1 heterocycles. The first-order chi connectivity index (χ1) is 11.9. The molecular formula is C18H18FN3O2S. The Morgan fingerprint density at radius 1 is 1.28 bits per heavy atom. The van der Waals surface area contributed by atoms with Crippen molar-refractivity contribution in [3.8, 4) is 6.07 Å². The van der Waals surface area contributed by atoms with E-state index in [1.54, 1.807) is 25.1 Å². The van der Waals surface area contributed by atoms with Gasteiger partial charge < -0.3 is 5.32 Å². The average Bonchev–Trinajstić information content (AvgIpc) is 2.61. The van der Waals surface area contributed by atoms with Crippen molar-refractivity contribution in [1.82, 2.24) is 9.62 Å². The van der Waals surface area contributed by atoms with E-state index < -0.39 is 21.9 Å². The summed E-state index contributed by atoms with van der Waals surface area (Å²) in [6.45, 7) is 2.91. The van der Waals surface area contributed by atoms with Gasteiger partial charge in [-0.15, -0.1) is 0 Å². The van der Waals surface area contributed by atoms with E-state index in [1.165, 1.54) is 28.6 Å². The molecule has 1 aliphatic rings. The van der Waals surface area contributed by atoms with E-state index in [0.29, 0.717) is 36.3 Å². The highest BCUT2D eigenvalue weighted by Crippen LogP contribution is 2.30. The molecule has 0 spiro atoms. The maximum atomic E-state index is 13.6. The molecule has 1 N–H and O–H groups in total. The fourth-order valence-electron chi connectivity index (χ4n) is 3.11. The Bertz CT molecular complexity index is 938. The molecule has 5 nitrogen and oxygen atoms in total. The van der Waals surface area contributed by atoms with Crippen molar-refractivity contribution >= 4 is 10.0 Å². The molecule has 1 saturated heterocycles. The van der Waals surface area contributed by atoms with Gasteiger partial charge in [-0.25, -0.2) is 12.8 Å². The summed E-state index contributed by atoms with van der Waals surface area (Å²) < 4.78 is 41.4. The lowest BCUT2D eigenvalue weighted by atomic mass is 10.1. The van der Waals surface area contributed by atoms with Crippen LogP contribution in [-0.2, 0) is 10.0 Å². The molecule has 25 heavy (non-hydrogen) atoms.